The zero-order valence-electron chi connectivity index (χ0n) is 9.76. The molecule has 1 aromatic rings. The summed E-state index contributed by atoms with van der Waals surface area (Å²) in [6.45, 7) is 5.00. The van der Waals surface area contributed by atoms with E-state index in [0.29, 0.717) is 0 Å². The highest BCUT2D eigenvalue weighted by molar-refractivity contribution is 5.95. The van der Waals surface area contributed by atoms with Crippen LogP contribution in [0.1, 0.15) is 31.1 Å². The zero-order valence-corrected chi connectivity index (χ0v) is 9.76. The van der Waals surface area contributed by atoms with Crippen molar-refractivity contribution in [2.45, 2.75) is 26.4 Å². The van der Waals surface area contributed by atoms with Crippen molar-refractivity contribution in [3.63, 3.8) is 0 Å². The van der Waals surface area contributed by atoms with E-state index in [1.165, 1.54) is 12.3 Å². The van der Waals surface area contributed by atoms with Gasteiger partial charge in [0.2, 0.25) is 5.82 Å². The fourth-order valence-corrected chi connectivity index (χ4v) is 1.16. The molecule has 17 heavy (non-hydrogen) atoms. The van der Waals surface area contributed by atoms with Crippen molar-refractivity contribution in [3.8, 4) is 0 Å². The Morgan fingerprint density at radius 3 is 2.59 bits per heavy atom. The van der Waals surface area contributed by atoms with Gasteiger partial charge in [0.15, 0.2) is 0 Å². The third kappa shape index (κ3) is 3.13. The van der Waals surface area contributed by atoms with Gasteiger partial charge in [-0.3, -0.25) is 10.1 Å². The zero-order chi connectivity index (χ0) is 13.2. The van der Waals surface area contributed by atoms with Crippen LogP contribution >= 0.6 is 0 Å². The largest absolute Gasteiger partial charge is 0.456 e. The molecular formula is C10H13N3O4. The molecule has 0 aliphatic heterocycles. The van der Waals surface area contributed by atoms with Gasteiger partial charge in [-0.05, 0) is 26.8 Å². The number of hydrogen-bond acceptors (Lipinski definition) is 6. The fraction of sp³-hybridized carbons (Fsp3) is 0.400. The summed E-state index contributed by atoms with van der Waals surface area (Å²) in [7, 11) is 0. The molecule has 1 heterocycles. The van der Waals surface area contributed by atoms with Gasteiger partial charge in [0.1, 0.15) is 11.2 Å². The van der Waals surface area contributed by atoms with Crippen molar-refractivity contribution < 1.29 is 14.5 Å². The number of pyridine rings is 1. The molecule has 0 unspecified atom stereocenters. The van der Waals surface area contributed by atoms with E-state index >= 15 is 0 Å². The van der Waals surface area contributed by atoms with Gasteiger partial charge in [-0.25, -0.2) is 9.78 Å². The minimum Gasteiger partial charge on any atom is -0.456 e. The average molecular weight is 239 g/mol. The van der Waals surface area contributed by atoms with Crippen LogP contribution in [0.5, 0.6) is 0 Å². The van der Waals surface area contributed by atoms with Gasteiger partial charge < -0.3 is 10.5 Å². The first-order valence-corrected chi connectivity index (χ1v) is 4.84. The number of hydrogen-bond donors (Lipinski definition) is 1. The molecule has 92 valence electrons. The summed E-state index contributed by atoms with van der Waals surface area (Å²) < 4.78 is 5.04. The van der Waals surface area contributed by atoms with E-state index in [-0.39, 0.29) is 11.4 Å². The molecule has 0 fully saturated rings. The molecule has 0 amide bonds. The molecule has 0 aliphatic carbocycles. The molecule has 0 radical (unpaired) electrons. The van der Waals surface area contributed by atoms with Crippen LogP contribution in [0.3, 0.4) is 0 Å². The SMILES string of the molecule is CC(C)(C)OC(=O)c1ccnc(N)c1[N+](=O)[O-]. The van der Waals surface area contributed by atoms with Crippen LogP contribution in [0.4, 0.5) is 11.5 Å². The van der Waals surface area contributed by atoms with Gasteiger partial charge in [-0.2, -0.15) is 0 Å². The number of anilines is 1. The van der Waals surface area contributed by atoms with Crippen LogP contribution in [-0.2, 0) is 4.74 Å². The minimum absolute atomic E-state index is 0.197. The molecule has 0 atom stereocenters. The van der Waals surface area contributed by atoms with Crippen LogP contribution in [-0.4, -0.2) is 21.5 Å². The Kier molecular flexibility index (Phi) is 3.31. The molecule has 7 nitrogen and oxygen atoms in total. The number of nitrogens with zero attached hydrogens (tertiary/aromatic N) is 2. The lowest BCUT2D eigenvalue weighted by molar-refractivity contribution is -0.384. The van der Waals surface area contributed by atoms with Crippen molar-refractivity contribution in [2.75, 3.05) is 5.73 Å². The number of ether oxygens (including phenoxy) is 1. The maximum atomic E-state index is 11.7. The number of carbonyl (C=O) groups excluding carboxylic acids is 1. The van der Waals surface area contributed by atoms with Gasteiger partial charge in [-0.1, -0.05) is 0 Å². The predicted octanol–water partition coefficient (Wildman–Crippen LogP) is 1.53. The molecule has 0 saturated carbocycles. The van der Waals surface area contributed by atoms with Crippen molar-refractivity contribution in [1.29, 1.82) is 0 Å². The Bertz CT molecular complexity index is 465. The molecular weight excluding hydrogens is 226 g/mol. The maximum Gasteiger partial charge on any atom is 0.345 e. The lowest BCUT2D eigenvalue weighted by Crippen LogP contribution is -2.24. The topological polar surface area (TPSA) is 108 Å². The van der Waals surface area contributed by atoms with Crippen LogP contribution in [0.15, 0.2) is 12.3 Å². The number of esters is 1. The third-order valence-electron chi connectivity index (χ3n) is 1.75. The van der Waals surface area contributed by atoms with Crippen LogP contribution < -0.4 is 5.73 Å². The first kappa shape index (κ1) is 12.9. The number of nitro groups is 1. The molecule has 1 aromatic heterocycles. The highest BCUT2D eigenvalue weighted by Gasteiger charge is 2.28. The highest BCUT2D eigenvalue weighted by Crippen LogP contribution is 2.25. The Hall–Kier alpha value is -2.18. The standard InChI is InChI=1S/C10H13N3O4/c1-10(2,3)17-9(14)6-4-5-12-8(11)7(6)13(15)16/h4-5H,1-3H3,(H2,11,12). The average Bonchev–Trinajstić information content (AvgIpc) is 2.13. The molecule has 0 bridgehead atoms. The molecule has 2 N–H and O–H groups in total. The fourth-order valence-electron chi connectivity index (χ4n) is 1.16. The van der Waals surface area contributed by atoms with Gasteiger partial charge in [0, 0.05) is 6.20 Å². The number of rotatable bonds is 2. The quantitative estimate of drug-likeness (QED) is 0.476. The number of nitrogen functional groups attached to an aromatic ring is 1. The van der Waals surface area contributed by atoms with Gasteiger partial charge in [0.05, 0.1) is 4.92 Å². The van der Waals surface area contributed by atoms with Crippen molar-refractivity contribution in [3.05, 3.63) is 27.9 Å². The minimum atomic E-state index is -0.793. The monoisotopic (exact) mass is 239 g/mol. The lowest BCUT2D eigenvalue weighted by atomic mass is 10.1. The van der Waals surface area contributed by atoms with E-state index in [0.717, 1.165) is 0 Å². The second kappa shape index (κ2) is 4.36. The Morgan fingerprint density at radius 2 is 2.12 bits per heavy atom. The van der Waals surface area contributed by atoms with E-state index < -0.39 is 22.2 Å². The van der Waals surface area contributed by atoms with Crippen molar-refractivity contribution in [1.82, 2.24) is 4.98 Å². The van der Waals surface area contributed by atoms with Crippen LogP contribution in [0.25, 0.3) is 0 Å². The molecule has 0 saturated heterocycles. The van der Waals surface area contributed by atoms with E-state index in [2.05, 4.69) is 4.98 Å². The van der Waals surface area contributed by atoms with E-state index in [1.54, 1.807) is 20.8 Å². The summed E-state index contributed by atoms with van der Waals surface area (Å²) in [4.78, 5) is 25.3. The molecule has 1 rings (SSSR count). The van der Waals surface area contributed by atoms with Gasteiger partial charge in [-0.15, -0.1) is 0 Å². The summed E-state index contributed by atoms with van der Waals surface area (Å²) >= 11 is 0. The van der Waals surface area contributed by atoms with Crippen LogP contribution in [0, 0.1) is 10.1 Å². The third-order valence-corrected chi connectivity index (χ3v) is 1.75. The van der Waals surface area contributed by atoms with Gasteiger partial charge >= 0.3 is 11.7 Å². The van der Waals surface area contributed by atoms with Crippen molar-refractivity contribution >= 4 is 17.5 Å². The first-order chi connectivity index (χ1) is 7.72. The highest BCUT2D eigenvalue weighted by atomic mass is 16.6. The maximum absolute atomic E-state index is 11.7. The first-order valence-electron chi connectivity index (χ1n) is 4.84. The smallest absolute Gasteiger partial charge is 0.345 e. The molecule has 0 spiro atoms. The van der Waals surface area contributed by atoms with E-state index in [1.807, 2.05) is 0 Å². The summed E-state index contributed by atoms with van der Waals surface area (Å²) in [6.07, 6.45) is 1.22. The summed E-state index contributed by atoms with van der Waals surface area (Å²) in [5, 5.41) is 10.8. The van der Waals surface area contributed by atoms with E-state index in [4.69, 9.17) is 10.5 Å². The predicted molar refractivity (Wildman–Crippen MR) is 60.5 cm³/mol. The van der Waals surface area contributed by atoms with Crippen molar-refractivity contribution in [2.24, 2.45) is 0 Å². The normalized spacial score (nSPS) is 11.0. The van der Waals surface area contributed by atoms with E-state index in [9.17, 15) is 14.9 Å². The summed E-state index contributed by atoms with van der Waals surface area (Å²) in [5.74, 6) is -1.10. The number of nitrogens with two attached hydrogens (primary N) is 1. The second-order valence-electron chi connectivity index (χ2n) is 4.35. The molecule has 7 heteroatoms. The van der Waals surface area contributed by atoms with Gasteiger partial charge in [0.25, 0.3) is 0 Å². The Labute approximate surface area is 97.7 Å². The molecule has 0 aliphatic rings. The number of aromatic nitrogens is 1. The summed E-state index contributed by atoms with van der Waals surface area (Å²) in [5.41, 5.74) is 3.91. The van der Waals surface area contributed by atoms with Crippen LogP contribution in [0.2, 0.25) is 0 Å². The Morgan fingerprint density at radius 1 is 1.53 bits per heavy atom. The second-order valence-corrected chi connectivity index (χ2v) is 4.35. The lowest BCUT2D eigenvalue weighted by Gasteiger charge is -2.19. The Balaban J connectivity index is 3.19. The summed E-state index contributed by atoms with van der Waals surface area (Å²) in [6, 6.07) is 1.21. The number of carbonyl (C=O) groups is 1. The molecule has 0 aromatic carbocycles.